The van der Waals surface area contributed by atoms with Gasteiger partial charge in [-0.2, -0.15) is 5.10 Å². The Morgan fingerprint density at radius 3 is 2.70 bits per heavy atom. The quantitative estimate of drug-likeness (QED) is 0.431. The maximum atomic E-state index is 12.8. The number of piperidine rings is 1. The van der Waals surface area contributed by atoms with Crippen molar-refractivity contribution in [3.63, 3.8) is 0 Å². The predicted molar refractivity (Wildman–Crippen MR) is 145 cm³/mol. The first kappa shape index (κ1) is 24.1. The molecule has 0 spiro atoms. The summed E-state index contributed by atoms with van der Waals surface area (Å²) < 4.78 is 1.85. The maximum absolute atomic E-state index is 12.8. The number of β-amino-alcohol motifs (C(OH)–C–C–N with tert-alkyl or cyclic N) is 1. The van der Waals surface area contributed by atoms with Crippen molar-refractivity contribution in [2.45, 2.75) is 58.0 Å². The third-order valence-corrected chi connectivity index (χ3v) is 8.21. The summed E-state index contributed by atoms with van der Waals surface area (Å²) in [6.07, 6.45) is 6.11. The summed E-state index contributed by atoms with van der Waals surface area (Å²) in [6.45, 7) is 10.0. The SMILES string of the molecule is Cc1cc(-c2[nH]c3ccc(C4CCN(C(=O)CN5CCC(O)C5)CC4)cc3c2C(C)C)cn2ncnc12. The zero-order valence-electron chi connectivity index (χ0n) is 21.9. The number of hydrogen-bond acceptors (Lipinski definition) is 5. The number of carbonyl (C=O) groups is 1. The molecule has 2 aliphatic rings. The van der Waals surface area contributed by atoms with E-state index in [4.69, 9.17) is 0 Å². The molecule has 2 aliphatic heterocycles. The van der Waals surface area contributed by atoms with E-state index in [1.165, 1.54) is 16.5 Å². The van der Waals surface area contributed by atoms with Crippen LogP contribution in [-0.2, 0) is 4.79 Å². The van der Waals surface area contributed by atoms with Gasteiger partial charge in [-0.05, 0) is 72.9 Å². The van der Waals surface area contributed by atoms with Gasteiger partial charge in [-0.1, -0.05) is 19.9 Å². The predicted octanol–water partition coefficient (Wildman–Crippen LogP) is 4.08. The number of aromatic amines is 1. The van der Waals surface area contributed by atoms with Crippen LogP contribution in [0.1, 0.15) is 61.6 Å². The lowest BCUT2D eigenvalue weighted by atomic mass is 9.87. The Morgan fingerprint density at radius 1 is 1.16 bits per heavy atom. The summed E-state index contributed by atoms with van der Waals surface area (Å²) >= 11 is 0. The number of aromatic nitrogens is 4. The van der Waals surface area contributed by atoms with Crippen molar-refractivity contribution < 1.29 is 9.90 Å². The molecule has 2 saturated heterocycles. The zero-order valence-corrected chi connectivity index (χ0v) is 21.9. The number of aliphatic hydroxyl groups is 1. The first-order chi connectivity index (χ1) is 17.9. The smallest absolute Gasteiger partial charge is 0.236 e. The number of nitrogens with zero attached hydrogens (tertiary/aromatic N) is 5. The highest BCUT2D eigenvalue weighted by atomic mass is 16.3. The van der Waals surface area contributed by atoms with Crippen molar-refractivity contribution in [2.75, 3.05) is 32.7 Å². The minimum absolute atomic E-state index is 0.194. The number of hydrogen-bond donors (Lipinski definition) is 2. The minimum Gasteiger partial charge on any atom is -0.392 e. The molecule has 8 nitrogen and oxygen atoms in total. The third kappa shape index (κ3) is 4.53. The fraction of sp³-hybridized carbons (Fsp3) is 0.483. The number of benzene rings is 1. The number of likely N-dealkylation sites (tertiary alicyclic amines) is 2. The van der Waals surface area contributed by atoms with Gasteiger partial charge in [0.1, 0.15) is 6.33 Å². The molecule has 1 amide bonds. The Kier molecular flexibility index (Phi) is 6.24. The highest BCUT2D eigenvalue weighted by Crippen LogP contribution is 2.38. The normalized spacial score (nSPS) is 19.6. The van der Waals surface area contributed by atoms with Gasteiger partial charge >= 0.3 is 0 Å². The van der Waals surface area contributed by atoms with E-state index in [2.05, 4.69) is 71.2 Å². The van der Waals surface area contributed by atoms with Gasteiger partial charge in [0.05, 0.1) is 18.3 Å². The second kappa shape index (κ2) is 9.58. The van der Waals surface area contributed by atoms with Crippen molar-refractivity contribution in [1.29, 1.82) is 0 Å². The number of fused-ring (bicyclic) bond motifs is 2. The molecule has 194 valence electrons. The second-order valence-electron chi connectivity index (χ2n) is 11.1. The number of aliphatic hydroxyl groups excluding tert-OH is 1. The first-order valence-electron chi connectivity index (χ1n) is 13.5. The number of aryl methyl sites for hydroxylation is 1. The Hall–Kier alpha value is -3.23. The molecular formula is C29H36N6O2. The molecule has 37 heavy (non-hydrogen) atoms. The molecule has 1 atom stereocenters. The van der Waals surface area contributed by atoms with Gasteiger partial charge in [-0.25, -0.2) is 9.50 Å². The average molecular weight is 501 g/mol. The van der Waals surface area contributed by atoms with E-state index in [9.17, 15) is 9.90 Å². The molecule has 8 heteroatoms. The lowest BCUT2D eigenvalue weighted by Crippen LogP contribution is -2.43. The highest BCUT2D eigenvalue weighted by molar-refractivity contribution is 5.92. The number of carbonyl (C=O) groups excluding carboxylic acids is 1. The van der Waals surface area contributed by atoms with Crippen LogP contribution in [0.25, 0.3) is 27.8 Å². The highest BCUT2D eigenvalue weighted by Gasteiger charge is 2.28. The Balaban J connectivity index is 1.23. The van der Waals surface area contributed by atoms with Crippen LogP contribution in [0.2, 0.25) is 0 Å². The average Bonchev–Trinajstić information content (AvgIpc) is 3.61. The molecule has 5 heterocycles. The third-order valence-electron chi connectivity index (χ3n) is 8.21. The van der Waals surface area contributed by atoms with Crippen LogP contribution >= 0.6 is 0 Å². The Morgan fingerprint density at radius 2 is 1.97 bits per heavy atom. The van der Waals surface area contributed by atoms with Crippen LogP contribution in [0.5, 0.6) is 0 Å². The molecule has 4 aromatic rings. The monoisotopic (exact) mass is 500 g/mol. The van der Waals surface area contributed by atoms with E-state index < -0.39 is 0 Å². The first-order valence-corrected chi connectivity index (χ1v) is 13.5. The second-order valence-corrected chi connectivity index (χ2v) is 11.1. The van der Waals surface area contributed by atoms with Crippen molar-refractivity contribution in [1.82, 2.24) is 29.4 Å². The van der Waals surface area contributed by atoms with E-state index in [1.54, 1.807) is 6.33 Å². The molecule has 3 aromatic heterocycles. The molecule has 0 aliphatic carbocycles. The van der Waals surface area contributed by atoms with Gasteiger partial charge in [-0.3, -0.25) is 9.69 Å². The summed E-state index contributed by atoms with van der Waals surface area (Å²) in [6, 6.07) is 9.04. The van der Waals surface area contributed by atoms with Crippen LogP contribution in [0.3, 0.4) is 0 Å². The molecule has 6 rings (SSSR count). The van der Waals surface area contributed by atoms with E-state index in [1.807, 2.05) is 9.42 Å². The summed E-state index contributed by atoms with van der Waals surface area (Å²) in [5.74, 6) is 1.00. The fourth-order valence-corrected chi connectivity index (χ4v) is 6.25. The minimum atomic E-state index is -0.285. The van der Waals surface area contributed by atoms with Crippen LogP contribution in [-0.4, -0.2) is 79.2 Å². The lowest BCUT2D eigenvalue weighted by molar-refractivity contribution is -0.133. The fourth-order valence-electron chi connectivity index (χ4n) is 6.25. The summed E-state index contributed by atoms with van der Waals surface area (Å²) in [5, 5.41) is 15.4. The van der Waals surface area contributed by atoms with E-state index >= 15 is 0 Å². The lowest BCUT2D eigenvalue weighted by Gasteiger charge is -2.33. The molecule has 0 saturated carbocycles. The van der Waals surface area contributed by atoms with E-state index in [-0.39, 0.29) is 12.0 Å². The standard InChI is InChI=1S/C29H36N6O2/c1-18(2)27-24-13-21(20-6-10-34(11-7-20)26(37)16-33-9-8-23(36)15-33)4-5-25(24)32-28(27)22-12-19(3)29-30-17-31-35(29)14-22/h4-5,12-14,17-18,20,23,32,36H,6-11,15-16H2,1-3H3. The molecule has 0 radical (unpaired) electrons. The van der Waals surface area contributed by atoms with Crippen molar-refractivity contribution in [2.24, 2.45) is 0 Å². The molecule has 1 aromatic carbocycles. The molecule has 1 unspecified atom stereocenters. The number of nitrogens with one attached hydrogen (secondary N) is 1. The maximum Gasteiger partial charge on any atom is 0.236 e. The van der Waals surface area contributed by atoms with Gasteiger partial charge in [0, 0.05) is 48.8 Å². The Labute approximate surface area is 217 Å². The number of H-pyrrole nitrogens is 1. The van der Waals surface area contributed by atoms with Gasteiger partial charge < -0.3 is 15.0 Å². The van der Waals surface area contributed by atoms with Crippen LogP contribution in [0.4, 0.5) is 0 Å². The van der Waals surface area contributed by atoms with Crippen molar-refractivity contribution in [3.8, 4) is 11.3 Å². The van der Waals surface area contributed by atoms with Crippen molar-refractivity contribution in [3.05, 3.63) is 53.5 Å². The summed E-state index contributed by atoms with van der Waals surface area (Å²) in [5.41, 5.74) is 8.10. The van der Waals surface area contributed by atoms with Gasteiger partial charge in [-0.15, -0.1) is 0 Å². The topological polar surface area (TPSA) is 89.8 Å². The molecule has 2 N–H and O–H groups in total. The van der Waals surface area contributed by atoms with Gasteiger partial charge in [0.2, 0.25) is 5.91 Å². The number of amides is 1. The van der Waals surface area contributed by atoms with Gasteiger partial charge in [0.25, 0.3) is 0 Å². The number of rotatable bonds is 5. The summed E-state index contributed by atoms with van der Waals surface area (Å²) in [7, 11) is 0. The summed E-state index contributed by atoms with van der Waals surface area (Å²) in [4.78, 5) is 25.0. The van der Waals surface area contributed by atoms with Gasteiger partial charge in [0.15, 0.2) is 5.65 Å². The van der Waals surface area contributed by atoms with E-state index in [0.29, 0.717) is 24.9 Å². The molecule has 2 fully saturated rings. The van der Waals surface area contributed by atoms with Crippen LogP contribution in [0, 0.1) is 6.92 Å². The van der Waals surface area contributed by atoms with Crippen LogP contribution in [0.15, 0.2) is 36.8 Å². The zero-order chi connectivity index (χ0) is 25.7. The number of pyridine rings is 1. The van der Waals surface area contributed by atoms with Crippen molar-refractivity contribution >= 4 is 22.5 Å². The molecular weight excluding hydrogens is 464 g/mol. The largest absolute Gasteiger partial charge is 0.392 e. The molecule has 0 bridgehead atoms. The van der Waals surface area contributed by atoms with Crippen LogP contribution < -0.4 is 0 Å². The van der Waals surface area contributed by atoms with E-state index in [0.717, 1.165) is 66.9 Å². The Bertz CT molecular complexity index is 1450.